The number of nitrogens with zero attached hydrogens (tertiary/aromatic N) is 2. The van der Waals surface area contributed by atoms with Crippen LogP contribution >= 0.6 is 0 Å². The van der Waals surface area contributed by atoms with Crippen LogP contribution in [-0.4, -0.2) is 34.7 Å². The van der Waals surface area contributed by atoms with Gasteiger partial charge in [0.05, 0.1) is 12.1 Å². The fraction of sp³-hybridized carbons (Fsp3) is 0.517. The summed E-state index contributed by atoms with van der Waals surface area (Å²) in [5.41, 5.74) is 4.41. The summed E-state index contributed by atoms with van der Waals surface area (Å²) in [7, 11) is 0. The molecule has 33 heavy (non-hydrogen) atoms. The molecule has 2 N–H and O–H groups in total. The fourth-order valence-corrected chi connectivity index (χ4v) is 4.64. The van der Waals surface area contributed by atoms with Crippen molar-refractivity contribution in [2.45, 2.75) is 96.6 Å². The molecule has 2 atom stereocenters. The molecule has 0 spiro atoms. The van der Waals surface area contributed by atoms with Crippen molar-refractivity contribution < 1.29 is 10.2 Å². The summed E-state index contributed by atoms with van der Waals surface area (Å²) in [6.07, 6.45) is 13.6. The van der Waals surface area contributed by atoms with Gasteiger partial charge < -0.3 is 10.2 Å². The number of para-hydroxylation sites is 1. The zero-order valence-corrected chi connectivity index (χ0v) is 20.8. The molecule has 0 aromatic heterocycles. The second-order valence-corrected chi connectivity index (χ2v) is 10.5. The van der Waals surface area contributed by atoms with Gasteiger partial charge in [-0.05, 0) is 48.3 Å². The number of phenolic OH excluding ortho intramolecular Hbond substituents is 1. The highest BCUT2D eigenvalue weighted by atomic mass is 16.3. The van der Waals surface area contributed by atoms with E-state index >= 15 is 0 Å². The van der Waals surface area contributed by atoms with E-state index in [9.17, 15) is 10.2 Å². The summed E-state index contributed by atoms with van der Waals surface area (Å²) in [5, 5.41) is 21.5. The lowest BCUT2D eigenvalue weighted by atomic mass is 9.85. The Morgan fingerprint density at radius 2 is 1.73 bits per heavy atom. The van der Waals surface area contributed by atoms with E-state index in [0.717, 1.165) is 72.8 Å². The minimum Gasteiger partial charge on any atom is -0.507 e. The maximum Gasteiger partial charge on any atom is 0.128 e. The van der Waals surface area contributed by atoms with E-state index in [1.54, 1.807) is 0 Å². The van der Waals surface area contributed by atoms with Crippen molar-refractivity contribution in [3.8, 4) is 5.75 Å². The summed E-state index contributed by atoms with van der Waals surface area (Å²) in [6.45, 7) is 12.6. The lowest BCUT2D eigenvalue weighted by Gasteiger charge is -2.26. The fourth-order valence-electron chi connectivity index (χ4n) is 4.64. The van der Waals surface area contributed by atoms with E-state index in [2.05, 4.69) is 34.3 Å². The molecule has 0 aliphatic heterocycles. The third-order valence-corrected chi connectivity index (χ3v) is 6.60. The van der Waals surface area contributed by atoms with Crippen LogP contribution in [0.1, 0.15) is 90.2 Å². The molecule has 0 unspecified atom stereocenters. The molecule has 1 fully saturated rings. The molecule has 0 radical (unpaired) electrons. The van der Waals surface area contributed by atoms with Gasteiger partial charge in [0.25, 0.3) is 0 Å². The first kappa shape index (κ1) is 25.0. The maximum absolute atomic E-state index is 10.8. The zero-order valence-electron chi connectivity index (χ0n) is 20.8. The number of allylic oxidation sites excluding steroid dienone is 4. The molecular formula is C29H40N2O2. The predicted molar refractivity (Wildman–Crippen MR) is 140 cm³/mol. The summed E-state index contributed by atoms with van der Waals surface area (Å²) in [5.74, 6) is 0.686. The van der Waals surface area contributed by atoms with Crippen LogP contribution in [0.4, 0.5) is 0 Å². The number of benzene rings is 1. The normalized spacial score (nSPS) is 22.4. The van der Waals surface area contributed by atoms with E-state index < -0.39 is 0 Å². The number of aromatic hydroxyl groups is 1. The minimum absolute atomic E-state index is 0.0809. The summed E-state index contributed by atoms with van der Waals surface area (Å²) < 4.78 is 0. The van der Waals surface area contributed by atoms with E-state index in [1.165, 1.54) is 0 Å². The Bertz CT molecular complexity index is 976. The number of unbranched alkanes of at least 4 members (excludes halogenated alkanes) is 1. The molecule has 2 aliphatic rings. The number of hydrogen-bond acceptors (Lipinski definition) is 4. The predicted octanol–water partition coefficient (Wildman–Crippen LogP) is 7.38. The Balaban J connectivity index is 1.78. The van der Waals surface area contributed by atoms with Crippen molar-refractivity contribution in [2.24, 2.45) is 9.98 Å². The van der Waals surface area contributed by atoms with Gasteiger partial charge in [-0.3, -0.25) is 9.98 Å². The lowest BCUT2D eigenvalue weighted by Crippen LogP contribution is -2.27. The van der Waals surface area contributed by atoms with Crippen molar-refractivity contribution in [3.63, 3.8) is 0 Å². The average molecular weight is 449 g/mol. The number of hydrogen-bond donors (Lipinski definition) is 2. The largest absolute Gasteiger partial charge is 0.507 e. The zero-order chi connectivity index (χ0) is 24.0. The average Bonchev–Trinajstić information content (AvgIpc) is 2.77. The van der Waals surface area contributed by atoms with E-state index in [-0.39, 0.29) is 17.5 Å². The van der Waals surface area contributed by atoms with Crippen LogP contribution in [-0.2, 0) is 5.41 Å². The Labute approximate surface area is 199 Å². The molecule has 1 aromatic carbocycles. The van der Waals surface area contributed by atoms with Gasteiger partial charge in [0.15, 0.2) is 0 Å². The van der Waals surface area contributed by atoms with Gasteiger partial charge in [-0.15, -0.1) is 0 Å². The number of aliphatic hydroxyl groups excluding tert-OH is 1. The number of phenols is 1. The Hall–Kier alpha value is -2.62. The second kappa shape index (κ2) is 11.0. The molecule has 178 valence electrons. The van der Waals surface area contributed by atoms with Crippen LogP contribution in [0.2, 0.25) is 0 Å². The summed E-state index contributed by atoms with van der Waals surface area (Å²) in [6, 6.07) is 6.03. The number of aliphatic hydroxyl groups is 1. The van der Waals surface area contributed by atoms with Gasteiger partial charge in [0.1, 0.15) is 11.5 Å². The van der Waals surface area contributed by atoms with Crippen molar-refractivity contribution in [1.82, 2.24) is 0 Å². The van der Waals surface area contributed by atoms with Gasteiger partial charge >= 0.3 is 0 Å². The quantitative estimate of drug-likeness (QED) is 0.427. The lowest BCUT2D eigenvalue weighted by molar-refractivity contribution is 0.389. The van der Waals surface area contributed by atoms with Gasteiger partial charge in [0, 0.05) is 30.0 Å². The number of aliphatic imine (C=N–C) groups is 2. The first-order chi connectivity index (χ1) is 15.7. The molecule has 2 aliphatic carbocycles. The first-order valence-electron chi connectivity index (χ1n) is 12.4. The molecule has 0 bridgehead atoms. The SMILES string of the molecule is C=C1C=C(CCCC)C(O)=C(C=N[C@H]2CCCC[C@@H]2N=Cc2cccc(C(C)(C)C)c2O)C1. The van der Waals surface area contributed by atoms with Crippen LogP contribution in [0.3, 0.4) is 0 Å². The van der Waals surface area contributed by atoms with Crippen molar-refractivity contribution >= 4 is 12.4 Å². The molecule has 4 nitrogen and oxygen atoms in total. The summed E-state index contributed by atoms with van der Waals surface area (Å²) in [4.78, 5) is 9.76. The molecule has 0 heterocycles. The van der Waals surface area contributed by atoms with Crippen molar-refractivity contribution in [3.05, 3.63) is 64.5 Å². The van der Waals surface area contributed by atoms with Crippen LogP contribution in [0.15, 0.2) is 63.3 Å². The van der Waals surface area contributed by atoms with Crippen LogP contribution in [0.25, 0.3) is 0 Å². The molecular weight excluding hydrogens is 408 g/mol. The monoisotopic (exact) mass is 448 g/mol. The van der Waals surface area contributed by atoms with E-state index in [1.807, 2.05) is 36.7 Å². The third kappa shape index (κ3) is 6.46. The maximum atomic E-state index is 10.8. The highest BCUT2D eigenvalue weighted by Gasteiger charge is 2.25. The Kier molecular flexibility index (Phi) is 8.34. The van der Waals surface area contributed by atoms with Gasteiger partial charge in [0.2, 0.25) is 0 Å². The van der Waals surface area contributed by atoms with Crippen molar-refractivity contribution in [2.75, 3.05) is 0 Å². The third-order valence-electron chi connectivity index (χ3n) is 6.60. The Morgan fingerprint density at radius 3 is 2.36 bits per heavy atom. The molecule has 1 saturated carbocycles. The first-order valence-corrected chi connectivity index (χ1v) is 12.4. The number of rotatable bonds is 7. The molecule has 4 heteroatoms. The van der Waals surface area contributed by atoms with Crippen LogP contribution < -0.4 is 0 Å². The van der Waals surface area contributed by atoms with Crippen molar-refractivity contribution in [1.29, 1.82) is 0 Å². The standard InChI is InChI=1S/C29H40N2O2/c1-6-7-11-21-16-20(2)17-23(27(21)32)19-31-26-15-9-8-14-25(26)30-18-22-12-10-13-24(28(22)33)29(3,4)5/h10,12-13,16,18-19,25-26,32-33H,2,6-9,11,14-15,17H2,1,3-5H3/t25-,26-/m0/s1. The highest BCUT2D eigenvalue weighted by Crippen LogP contribution is 2.33. The van der Waals surface area contributed by atoms with Crippen LogP contribution in [0.5, 0.6) is 5.75 Å². The molecule has 3 rings (SSSR count). The van der Waals surface area contributed by atoms with Gasteiger partial charge in [-0.1, -0.05) is 77.3 Å². The van der Waals surface area contributed by atoms with E-state index in [0.29, 0.717) is 17.9 Å². The minimum atomic E-state index is -0.129. The highest BCUT2D eigenvalue weighted by molar-refractivity contribution is 5.85. The topological polar surface area (TPSA) is 65.2 Å². The molecule has 0 amide bonds. The van der Waals surface area contributed by atoms with Gasteiger partial charge in [-0.2, -0.15) is 0 Å². The van der Waals surface area contributed by atoms with Gasteiger partial charge in [-0.25, -0.2) is 0 Å². The summed E-state index contributed by atoms with van der Waals surface area (Å²) >= 11 is 0. The van der Waals surface area contributed by atoms with E-state index in [4.69, 9.17) is 9.98 Å². The molecule has 0 saturated heterocycles. The molecule has 1 aromatic rings. The van der Waals surface area contributed by atoms with Crippen LogP contribution in [0, 0.1) is 0 Å². The smallest absolute Gasteiger partial charge is 0.128 e. The second-order valence-electron chi connectivity index (χ2n) is 10.5. The Morgan fingerprint density at radius 1 is 1.06 bits per heavy atom.